The highest BCUT2D eigenvalue weighted by molar-refractivity contribution is 6.09. The largest absolute Gasteiger partial charge is 0.349 e. The molecule has 0 aliphatic heterocycles. The number of nitro benzene ring substituents is 1. The monoisotopic (exact) mass is 343 g/mol. The number of benzene rings is 2. The van der Waals surface area contributed by atoms with Gasteiger partial charge in [0.1, 0.15) is 5.82 Å². The maximum atomic E-state index is 14.0. The highest BCUT2D eigenvalue weighted by atomic mass is 19.1. The predicted octanol–water partition coefficient (Wildman–Crippen LogP) is 2.88. The van der Waals surface area contributed by atoms with Gasteiger partial charge in [0, 0.05) is 12.1 Å². The summed E-state index contributed by atoms with van der Waals surface area (Å²) in [4.78, 5) is 34.4. The fourth-order valence-electron chi connectivity index (χ4n) is 2.27. The third kappa shape index (κ3) is 3.79. The second kappa shape index (κ2) is 6.68. The molecule has 0 spiro atoms. The minimum Gasteiger partial charge on any atom is -0.349 e. The fraction of sp³-hybridized carbons (Fsp3) is 0.176. The summed E-state index contributed by atoms with van der Waals surface area (Å²) in [5.74, 6) is -2.12. The van der Waals surface area contributed by atoms with Crippen LogP contribution in [-0.4, -0.2) is 22.8 Å². The van der Waals surface area contributed by atoms with E-state index in [2.05, 4.69) is 10.6 Å². The Kier molecular flexibility index (Phi) is 4.42. The van der Waals surface area contributed by atoms with E-state index < -0.39 is 22.3 Å². The quantitative estimate of drug-likeness (QED) is 0.644. The lowest BCUT2D eigenvalue weighted by Crippen LogP contribution is -2.27. The maximum Gasteiger partial charge on any atom is 0.272 e. The lowest BCUT2D eigenvalue weighted by Gasteiger charge is -2.11. The molecule has 2 aromatic rings. The number of anilines is 1. The molecule has 2 aromatic carbocycles. The molecule has 0 saturated heterocycles. The van der Waals surface area contributed by atoms with Gasteiger partial charge in [0.25, 0.3) is 17.5 Å². The van der Waals surface area contributed by atoms with Crippen LogP contribution in [0.5, 0.6) is 0 Å². The number of carbonyl (C=O) groups is 2. The molecular formula is C17H14FN3O4. The minimum absolute atomic E-state index is 0.156. The Morgan fingerprint density at radius 1 is 1.08 bits per heavy atom. The summed E-state index contributed by atoms with van der Waals surface area (Å²) in [7, 11) is 0. The van der Waals surface area contributed by atoms with E-state index in [1.807, 2.05) is 0 Å². The van der Waals surface area contributed by atoms with Crippen molar-refractivity contribution in [1.82, 2.24) is 5.32 Å². The first-order valence-corrected chi connectivity index (χ1v) is 7.61. The molecule has 128 valence electrons. The van der Waals surface area contributed by atoms with Crippen LogP contribution < -0.4 is 10.6 Å². The molecule has 1 aliphatic rings. The average molecular weight is 343 g/mol. The van der Waals surface area contributed by atoms with Gasteiger partial charge in [0.15, 0.2) is 0 Å². The van der Waals surface area contributed by atoms with Gasteiger partial charge in [-0.15, -0.1) is 0 Å². The summed E-state index contributed by atoms with van der Waals surface area (Å²) < 4.78 is 14.0. The van der Waals surface area contributed by atoms with Crippen molar-refractivity contribution in [3.8, 4) is 0 Å². The smallest absolute Gasteiger partial charge is 0.272 e. The van der Waals surface area contributed by atoms with Crippen LogP contribution in [0.15, 0.2) is 42.5 Å². The van der Waals surface area contributed by atoms with E-state index >= 15 is 0 Å². The predicted molar refractivity (Wildman–Crippen MR) is 87.9 cm³/mol. The number of rotatable bonds is 5. The number of non-ortho nitro benzene ring substituents is 1. The zero-order valence-corrected chi connectivity index (χ0v) is 13.0. The lowest BCUT2D eigenvalue weighted by molar-refractivity contribution is -0.385. The summed E-state index contributed by atoms with van der Waals surface area (Å²) in [5.41, 5.74) is -0.283. The van der Waals surface area contributed by atoms with Crippen LogP contribution in [0.3, 0.4) is 0 Å². The number of nitro groups is 1. The van der Waals surface area contributed by atoms with E-state index in [0.717, 1.165) is 25.0 Å². The molecule has 7 nitrogen and oxygen atoms in total. The van der Waals surface area contributed by atoms with Crippen LogP contribution in [0.25, 0.3) is 0 Å². The second-order valence-electron chi connectivity index (χ2n) is 5.67. The van der Waals surface area contributed by atoms with Crippen molar-refractivity contribution >= 4 is 23.2 Å². The van der Waals surface area contributed by atoms with Gasteiger partial charge >= 0.3 is 0 Å². The topological polar surface area (TPSA) is 101 Å². The molecular weight excluding hydrogens is 329 g/mol. The normalized spacial score (nSPS) is 13.2. The van der Waals surface area contributed by atoms with Crippen molar-refractivity contribution in [3.05, 3.63) is 69.5 Å². The van der Waals surface area contributed by atoms with Crippen molar-refractivity contribution in [2.45, 2.75) is 18.9 Å². The Bertz CT molecular complexity index is 865. The fourth-order valence-corrected chi connectivity index (χ4v) is 2.27. The molecule has 25 heavy (non-hydrogen) atoms. The molecule has 2 amide bonds. The summed E-state index contributed by atoms with van der Waals surface area (Å²) in [6.07, 6.45) is 1.85. The third-order valence-corrected chi connectivity index (χ3v) is 3.74. The first-order chi connectivity index (χ1) is 12.0. The summed E-state index contributed by atoms with van der Waals surface area (Å²) in [6, 6.07) is 9.30. The Morgan fingerprint density at radius 3 is 2.44 bits per heavy atom. The lowest BCUT2D eigenvalue weighted by atomic mass is 10.1. The van der Waals surface area contributed by atoms with Crippen molar-refractivity contribution < 1.29 is 18.9 Å². The molecule has 0 radical (unpaired) electrons. The summed E-state index contributed by atoms with van der Waals surface area (Å²) in [5, 5.41) is 15.9. The van der Waals surface area contributed by atoms with Gasteiger partial charge in [-0.1, -0.05) is 12.1 Å². The van der Waals surface area contributed by atoms with Gasteiger partial charge in [0.05, 0.1) is 27.8 Å². The van der Waals surface area contributed by atoms with Gasteiger partial charge < -0.3 is 10.6 Å². The van der Waals surface area contributed by atoms with Crippen molar-refractivity contribution in [1.29, 1.82) is 0 Å². The van der Waals surface area contributed by atoms with E-state index in [1.54, 1.807) is 18.2 Å². The molecule has 2 N–H and O–H groups in total. The van der Waals surface area contributed by atoms with E-state index in [-0.39, 0.29) is 28.8 Å². The zero-order valence-electron chi connectivity index (χ0n) is 13.0. The number of halogens is 1. The molecule has 1 aliphatic carbocycles. The third-order valence-electron chi connectivity index (χ3n) is 3.74. The van der Waals surface area contributed by atoms with Gasteiger partial charge in [-0.25, -0.2) is 4.39 Å². The van der Waals surface area contributed by atoms with Crippen LogP contribution >= 0.6 is 0 Å². The SMILES string of the molecule is O=C(Nc1ccccc1C(=O)NC1CC1)c1ccc([N+](=O)[O-])cc1F. The highest BCUT2D eigenvalue weighted by Crippen LogP contribution is 2.23. The van der Waals surface area contributed by atoms with Gasteiger partial charge in [0.2, 0.25) is 0 Å². The van der Waals surface area contributed by atoms with Crippen molar-refractivity contribution in [2.24, 2.45) is 0 Å². The molecule has 0 unspecified atom stereocenters. The van der Waals surface area contributed by atoms with Gasteiger partial charge in [-0.2, -0.15) is 0 Å². The van der Waals surface area contributed by atoms with Crippen LogP contribution in [-0.2, 0) is 0 Å². The number of nitrogens with zero attached hydrogens (tertiary/aromatic N) is 1. The first kappa shape index (κ1) is 16.6. The Balaban J connectivity index is 1.81. The van der Waals surface area contributed by atoms with Crippen LogP contribution in [0.4, 0.5) is 15.8 Å². The van der Waals surface area contributed by atoms with Crippen LogP contribution in [0.1, 0.15) is 33.6 Å². The standard InChI is InChI=1S/C17H14FN3O4/c18-14-9-11(21(24)25)7-8-12(14)16(22)20-15-4-2-1-3-13(15)17(23)19-10-5-6-10/h1-4,7-10H,5-6H2,(H,19,23)(H,20,22). The number of carbonyl (C=O) groups excluding carboxylic acids is 2. The van der Waals surface area contributed by atoms with Crippen molar-refractivity contribution in [2.75, 3.05) is 5.32 Å². The molecule has 1 saturated carbocycles. The Hall–Kier alpha value is -3.29. The van der Waals surface area contributed by atoms with Gasteiger partial charge in [-0.3, -0.25) is 19.7 Å². The van der Waals surface area contributed by atoms with Gasteiger partial charge in [-0.05, 0) is 31.0 Å². The molecule has 0 bridgehead atoms. The number of hydrogen-bond acceptors (Lipinski definition) is 4. The number of hydrogen-bond donors (Lipinski definition) is 2. The second-order valence-corrected chi connectivity index (χ2v) is 5.67. The average Bonchev–Trinajstić information content (AvgIpc) is 3.38. The van der Waals surface area contributed by atoms with Crippen molar-refractivity contribution in [3.63, 3.8) is 0 Å². The molecule has 0 atom stereocenters. The van der Waals surface area contributed by atoms with E-state index in [0.29, 0.717) is 6.07 Å². The number of nitrogens with one attached hydrogen (secondary N) is 2. The van der Waals surface area contributed by atoms with Crippen LogP contribution in [0, 0.1) is 15.9 Å². The Labute approximate surface area is 142 Å². The maximum absolute atomic E-state index is 14.0. The zero-order chi connectivity index (χ0) is 18.0. The van der Waals surface area contributed by atoms with E-state index in [4.69, 9.17) is 0 Å². The molecule has 0 aromatic heterocycles. The highest BCUT2D eigenvalue weighted by Gasteiger charge is 2.25. The first-order valence-electron chi connectivity index (χ1n) is 7.61. The number of amides is 2. The van der Waals surface area contributed by atoms with E-state index in [9.17, 15) is 24.1 Å². The number of para-hydroxylation sites is 1. The van der Waals surface area contributed by atoms with Crippen LogP contribution in [0.2, 0.25) is 0 Å². The Morgan fingerprint density at radius 2 is 1.80 bits per heavy atom. The molecule has 0 heterocycles. The summed E-state index contributed by atoms with van der Waals surface area (Å²) in [6.45, 7) is 0. The van der Waals surface area contributed by atoms with E-state index in [1.165, 1.54) is 6.07 Å². The minimum atomic E-state index is -1.01. The molecule has 1 fully saturated rings. The molecule has 8 heteroatoms. The summed E-state index contributed by atoms with van der Waals surface area (Å²) >= 11 is 0. The molecule has 3 rings (SSSR count).